The van der Waals surface area contributed by atoms with Gasteiger partial charge in [-0.1, -0.05) is 29.8 Å². The molecule has 0 aliphatic heterocycles. The summed E-state index contributed by atoms with van der Waals surface area (Å²) >= 11 is 6.05. The van der Waals surface area contributed by atoms with E-state index in [4.69, 9.17) is 16.7 Å². The van der Waals surface area contributed by atoms with Gasteiger partial charge < -0.3 is 9.72 Å². The zero-order valence-corrected chi connectivity index (χ0v) is 18.7. The van der Waals surface area contributed by atoms with Gasteiger partial charge in [-0.15, -0.1) is 0 Å². The summed E-state index contributed by atoms with van der Waals surface area (Å²) in [6, 6.07) is 14.2. The van der Waals surface area contributed by atoms with Crippen LogP contribution in [0.1, 0.15) is 16.8 Å². The molecule has 8 heteroatoms. The molecule has 1 aromatic carbocycles. The van der Waals surface area contributed by atoms with E-state index in [2.05, 4.69) is 55.1 Å². The van der Waals surface area contributed by atoms with E-state index in [1.54, 1.807) is 12.4 Å². The number of nitrogens with zero attached hydrogens (tertiary/aromatic N) is 6. The highest BCUT2D eigenvalue weighted by Crippen LogP contribution is 2.23. The smallest absolute Gasteiger partial charge is 0.137 e. The van der Waals surface area contributed by atoms with Crippen LogP contribution in [-0.2, 0) is 13.1 Å². The fraction of sp³-hybridized carbons (Fsp3) is 0.120. The van der Waals surface area contributed by atoms with E-state index in [9.17, 15) is 0 Å². The normalized spacial score (nSPS) is 11.6. The van der Waals surface area contributed by atoms with E-state index >= 15 is 0 Å². The molecule has 0 saturated heterocycles. The van der Waals surface area contributed by atoms with E-state index in [0.29, 0.717) is 18.2 Å². The van der Waals surface area contributed by atoms with Gasteiger partial charge in [0.05, 0.1) is 23.1 Å². The average molecular weight is 454 g/mol. The van der Waals surface area contributed by atoms with Crippen LogP contribution < -0.4 is 5.32 Å². The Bertz CT molecular complexity index is 1630. The number of pyridine rings is 3. The molecule has 33 heavy (non-hydrogen) atoms. The third kappa shape index (κ3) is 3.87. The lowest BCUT2D eigenvalue weighted by Gasteiger charge is -2.08. The Labute approximate surface area is 194 Å². The monoisotopic (exact) mass is 453 g/mol. The molecule has 0 unspecified atom stereocenters. The minimum absolute atomic E-state index is 0.494. The second kappa shape index (κ2) is 7.86. The number of halogens is 1. The van der Waals surface area contributed by atoms with Crippen molar-refractivity contribution in [2.24, 2.45) is 0 Å². The van der Waals surface area contributed by atoms with Gasteiger partial charge in [0.15, 0.2) is 0 Å². The highest BCUT2D eigenvalue weighted by atomic mass is 35.5. The van der Waals surface area contributed by atoms with Gasteiger partial charge in [0.25, 0.3) is 0 Å². The summed E-state index contributed by atoms with van der Waals surface area (Å²) in [6.45, 7) is 3.31. The standard InChI is InChI=1S/C25H20ClN7/c1-16-12-32-13-18(3-5-24(32)30-16)14-33-15-21-22(31-33)6-7-27-25(21)29-10-17-2-4-19-11-28-23(26)9-20(19)8-17/h2-9,11-13,15H,10,14H2,1H3,(H,27,29). The number of aromatic nitrogens is 6. The first-order valence-electron chi connectivity index (χ1n) is 10.7. The van der Waals surface area contributed by atoms with Crippen LogP contribution in [0.5, 0.6) is 0 Å². The lowest BCUT2D eigenvalue weighted by molar-refractivity contribution is 0.693. The zero-order valence-electron chi connectivity index (χ0n) is 17.9. The van der Waals surface area contributed by atoms with Crippen molar-refractivity contribution in [2.45, 2.75) is 20.0 Å². The molecule has 0 aliphatic rings. The third-order valence-corrected chi connectivity index (χ3v) is 5.88. The number of fused-ring (bicyclic) bond motifs is 3. The Morgan fingerprint density at radius 2 is 1.85 bits per heavy atom. The second-order valence-corrected chi connectivity index (χ2v) is 8.53. The number of nitrogens with one attached hydrogen (secondary N) is 1. The number of aryl methyl sites for hydroxylation is 1. The van der Waals surface area contributed by atoms with Crippen LogP contribution >= 0.6 is 11.6 Å². The highest BCUT2D eigenvalue weighted by molar-refractivity contribution is 6.30. The summed E-state index contributed by atoms with van der Waals surface area (Å²) in [5, 5.41) is 11.8. The predicted octanol–water partition coefficient (Wildman–Crippen LogP) is 5.25. The van der Waals surface area contributed by atoms with Gasteiger partial charge in [-0.2, -0.15) is 5.10 Å². The van der Waals surface area contributed by atoms with Crippen LogP contribution in [0.25, 0.3) is 27.3 Å². The van der Waals surface area contributed by atoms with E-state index < -0.39 is 0 Å². The van der Waals surface area contributed by atoms with Gasteiger partial charge in [-0.3, -0.25) is 4.68 Å². The number of imidazole rings is 1. The minimum atomic E-state index is 0.494. The molecule has 0 saturated carbocycles. The van der Waals surface area contributed by atoms with Gasteiger partial charge in [-0.25, -0.2) is 15.0 Å². The third-order valence-electron chi connectivity index (χ3n) is 5.67. The molecule has 5 aromatic heterocycles. The SMILES string of the molecule is Cc1cn2cc(Cn3cc4c(NCc5ccc6cnc(Cl)cc6c5)nccc4n3)ccc2n1. The van der Waals surface area contributed by atoms with Crippen molar-refractivity contribution in [3.05, 3.63) is 95.4 Å². The van der Waals surface area contributed by atoms with Crippen LogP contribution in [0.3, 0.4) is 0 Å². The number of benzene rings is 1. The Morgan fingerprint density at radius 1 is 0.939 bits per heavy atom. The Morgan fingerprint density at radius 3 is 2.79 bits per heavy atom. The molecule has 6 rings (SSSR count). The summed E-state index contributed by atoms with van der Waals surface area (Å²) < 4.78 is 4.00. The molecule has 162 valence electrons. The highest BCUT2D eigenvalue weighted by Gasteiger charge is 2.09. The van der Waals surface area contributed by atoms with Crippen molar-refractivity contribution in [3.8, 4) is 0 Å². The quantitative estimate of drug-likeness (QED) is 0.361. The molecule has 1 N–H and O–H groups in total. The number of hydrogen-bond donors (Lipinski definition) is 1. The zero-order chi connectivity index (χ0) is 22.4. The van der Waals surface area contributed by atoms with Gasteiger partial charge >= 0.3 is 0 Å². The first-order chi connectivity index (χ1) is 16.1. The van der Waals surface area contributed by atoms with Gasteiger partial charge in [0.1, 0.15) is 16.6 Å². The van der Waals surface area contributed by atoms with Gasteiger partial charge in [0, 0.05) is 42.9 Å². The number of hydrogen-bond acceptors (Lipinski definition) is 5. The molecule has 0 bridgehead atoms. The lowest BCUT2D eigenvalue weighted by Crippen LogP contribution is -2.02. The largest absolute Gasteiger partial charge is 0.365 e. The molecular weight excluding hydrogens is 434 g/mol. The van der Waals surface area contributed by atoms with Crippen LogP contribution in [0.15, 0.2) is 73.4 Å². The van der Waals surface area contributed by atoms with E-state index in [-0.39, 0.29) is 0 Å². The fourth-order valence-electron chi connectivity index (χ4n) is 4.12. The van der Waals surface area contributed by atoms with Crippen LogP contribution in [0.2, 0.25) is 5.15 Å². The van der Waals surface area contributed by atoms with Crippen molar-refractivity contribution < 1.29 is 0 Å². The summed E-state index contributed by atoms with van der Waals surface area (Å²) in [5.74, 6) is 0.812. The molecule has 0 radical (unpaired) electrons. The maximum absolute atomic E-state index is 6.05. The van der Waals surface area contributed by atoms with Gasteiger partial charge in [-0.05, 0) is 47.7 Å². The molecule has 0 atom stereocenters. The van der Waals surface area contributed by atoms with Crippen molar-refractivity contribution in [1.82, 2.24) is 29.1 Å². The fourth-order valence-corrected chi connectivity index (χ4v) is 4.29. The summed E-state index contributed by atoms with van der Waals surface area (Å²) in [4.78, 5) is 13.2. The number of rotatable bonds is 5. The van der Waals surface area contributed by atoms with E-state index in [1.807, 2.05) is 42.2 Å². The maximum atomic E-state index is 6.05. The lowest BCUT2D eigenvalue weighted by atomic mass is 10.1. The molecular formula is C25H20ClN7. The van der Waals surface area contributed by atoms with Crippen LogP contribution in [-0.4, -0.2) is 29.1 Å². The number of anilines is 1. The Hall–Kier alpha value is -3.97. The first kappa shape index (κ1) is 19.7. The topological polar surface area (TPSA) is 72.9 Å². The van der Waals surface area contributed by atoms with E-state index in [1.165, 1.54) is 0 Å². The molecule has 0 amide bonds. The average Bonchev–Trinajstić information content (AvgIpc) is 3.39. The van der Waals surface area contributed by atoms with Crippen LogP contribution in [0, 0.1) is 6.92 Å². The minimum Gasteiger partial charge on any atom is -0.365 e. The molecule has 0 fully saturated rings. The second-order valence-electron chi connectivity index (χ2n) is 8.15. The molecule has 6 aromatic rings. The molecule has 0 aliphatic carbocycles. The van der Waals surface area contributed by atoms with Crippen molar-refractivity contribution in [3.63, 3.8) is 0 Å². The first-order valence-corrected chi connectivity index (χ1v) is 11.0. The van der Waals surface area contributed by atoms with Crippen LogP contribution in [0.4, 0.5) is 5.82 Å². The molecule has 7 nitrogen and oxygen atoms in total. The summed E-state index contributed by atoms with van der Waals surface area (Å²) in [5.41, 5.74) is 5.15. The van der Waals surface area contributed by atoms with Crippen molar-refractivity contribution in [2.75, 3.05) is 5.32 Å². The molecule has 5 heterocycles. The van der Waals surface area contributed by atoms with Gasteiger partial charge in [0.2, 0.25) is 0 Å². The Kier molecular flexibility index (Phi) is 4.69. The van der Waals surface area contributed by atoms with Crippen molar-refractivity contribution >= 4 is 44.7 Å². The van der Waals surface area contributed by atoms with Crippen molar-refractivity contribution in [1.29, 1.82) is 0 Å². The summed E-state index contributed by atoms with van der Waals surface area (Å²) in [7, 11) is 0. The maximum Gasteiger partial charge on any atom is 0.137 e. The predicted molar refractivity (Wildman–Crippen MR) is 131 cm³/mol. The van der Waals surface area contributed by atoms with E-state index in [0.717, 1.165) is 50.0 Å². The Balaban J connectivity index is 1.25. The molecule has 0 spiro atoms. The summed E-state index contributed by atoms with van der Waals surface area (Å²) in [6.07, 6.45) is 9.74.